The van der Waals surface area contributed by atoms with Crippen LogP contribution >= 0.6 is 0 Å². The average molecular weight is 467 g/mol. The zero-order chi connectivity index (χ0) is 24.3. The molecule has 4 aromatic rings. The van der Waals surface area contributed by atoms with Crippen LogP contribution in [0.4, 0.5) is 0 Å². The van der Waals surface area contributed by atoms with Crippen LogP contribution in [0.25, 0.3) is 23.1 Å². The molecule has 4 rings (SSSR count). The summed E-state index contributed by atoms with van der Waals surface area (Å²) in [5, 5.41) is 1.03. The first kappa shape index (κ1) is 24.6. The quantitative estimate of drug-likeness (QED) is 0.240. The van der Waals surface area contributed by atoms with Crippen molar-refractivity contribution in [2.45, 2.75) is 44.8 Å². The van der Waals surface area contributed by atoms with Crippen LogP contribution < -0.4 is 16.2 Å². The van der Waals surface area contributed by atoms with E-state index < -0.39 is 0 Å². The van der Waals surface area contributed by atoms with Crippen LogP contribution in [0.5, 0.6) is 5.75 Å². The van der Waals surface area contributed by atoms with Crippen molar-refractivity contribution in [2.75, 3.05) is 6.54 Å². The minimum atomic E-state index is -0.117. The van der Waals surface area contributed by atoms with E-state index >= 15 is 0 Å². The highest BCUT2D eigenvalue weighted by atomic mass is 16.5. The van der Waals surface area contributed by atoms with Crippen molar-refractivity contribution < 1.29 is 4.74 Å². The third kappa shape index (κ3) is 7.22. The molecule has 0 saturated heterocycles. The molecule has 180 valence electrons. The van der Waals surface area contributed by atoms with Crippen LogP contribution in [0, 0.1) is 0 Å². The van der Waals surface area contributed by atoms with Gasteiger partial charge in [0.1, 0.15) is 12.4 Å². The highest BCUT2D eigenvalue weighted by molar-refractivity contribution is 5.82. The number of aromatic nitrogens is 2. The Kier molecular flexibility index (Phi) is 8.98. The van der Waals surface area contributed by atoms with E-state index in [0.717, 1.165) is 72.1 Å². The van der Waals surface area contributed by atoms with Gasteiger partial charge in [-0.05, 0) is 54.8 Å². The second kappa shape index (κ2) is 12.8. The SMILES string of the molecule is NCCCCCCC(N)c1nc(C=Cc2ccc(OCc3ccccc3)cc2)nc2ccccc12. The Morgan fingerprint density at radius 3 is 2.31 bits per heavy atom. The van der Waals surface area contributed by atoms with E-state index in [2.05, 4.69) is 18.2 Å². The third-order valence-corrected chi connectivity index (χ3v) is 6.02. The molecule has 0 saturated carbocycles. The maximum absolute atomic E-state index is 6.59. The van der Waals surface area contributed by atoms with E-state index in [1.807, 2.05) is 72.8 Å². The van der Waals surface area contributed by atoms with Gasteiger partial charge in [-0.1, -0.05) is 86.0 Å². The minimum Gasteiger partial charge on any atom is -0.489 e. The molecule has 5 heteroatoms. The number of para-hydroxylation sites is 1. The second-order valence-electron chi connectivity index (χ2n) is 8.76. The summed E-state index contributed by atoms with van der Waals surface area (Å²) in [6.07, 6.45) is 9.31. The highest BCUT2D eigenvalue weighted by Crippen LogP contribution is 2.25. The average Bonchev–Trinajstić information content (AvgIpc) is 2.91. The largest absolute Gasteiger partial charge is 0.489 e. The fraction of sp³-hybridized carbons (Fsp3) is 0.267. The van der Waals surface area contributed by atoms with Gasteiger partial charge in [0.15, 0.2) is 5.82 Å². The van der Waals surface area contributed by atoms with Gasteiger partial charge in [-0.15, -0.1) is 0 Å². The lowest BCUT2D eigenvalue weighted by molar-refractivity contribution is 0.306. The highest BCUT2D eigenvalue weighted by Gasteiger charge is 2.13. The molecule has 5 nitrogen and oxygen atoms in total. The van der Waals surface area contributed by atoms with Crippen LogP contribution in [0.15, 0.2) is 78.9 Å². The number of ether oxygens (including phenoxy) is 1. The predicted molar refractivity (Wildman–Crippen MR) is 145 cm³/mol. The van der Waals surface area contributed by atoms with Gasteiger partial charge in [-0.25, -0.2) is 9.97 Å². The molecule has 1 unspecified atom stereocenters. The molecule has 1 heterocycles. The van der Waals surface area contributed by atoms with Gasteiger partial charge in [-0.3, -0.25) is 0 Å². The van der Waals surface area contributed by atoms with E-state index in [1.54, 1.807) is 0 Å². The van der Waals surface area contributed by atoms with Gasteiger partial charge in [0.05, 0.1) is 11.2 Å². The Balaban J connectivity index is 1.44. The van der Waals surface area contributed by atoms with E-state index in [-0.39, 0.29) is 6.04 Å². The number of fused-ring (bicyclic) bond motifs is 1. The van der Waals surface area contributed by atoms with Crippen molar-refractivity contribution in [1.29, 1.82) is 0 Å². The van der Waals surface area contributed by atoms with E-state index in [9.17, 15) is 0 Å². The molecule has 1 atom stereocenters. The van der Waals surface area contributed by atoms with E-state index in [0.29, 0.717) is 12.4 Å². The van der Waals surface area contributed by atoms with Crippen LogP contribution in [0.2, 0.25) is 0 Å². The lowest BCUT2D eigenvalue weighted by Gasteiger charge is -2.14. The first-order valence-electron chi connectivity index (χ1n) is 12.4. The molecule has 35 heavy (non-hydrogen) atoms. The monoisotopic (exact) mass is 466 g/mol. The van der Waals surface area contributed by atoms with Crippen molar-refractivity contribution >= 4 is 23.1 Å². The molecule has 1 aromatic heterocycles. The van der Waals surface area contributed by atoms with Crippen molar-refractivity contribution in [3.8, 4) is 5.75 Å². The number of nitrogens with two attached hydrogens (primary N) is 2. The lowest BCUT2D eigenvalue weighted by atomic mass is 10.0. The summed E-state index contributed by atoms with van der Waals surface area (Å²) in [6.45, 7) is 1.30. The second-order valence-corrected chi connectivity index (χ2v) is 8.76. The Hall–Kier alpha value is -3.54. The van der Waals surface area contributed by atoms with Crippen LogP contribution in [0.3, 0.4) is 0 Å². The number of hydrogen-bond donors (Lipinski definition) is 2. The topological polar surface area (TPSA) is 87.1 Å². The first-order valence-corrected chi connectivity index (χ1v) is 12.4. The molecule has 0 aliphatic carbocycles. The molecule has 0 bridgehead atoms. The number of nitrogens with zero attached hydrogens (tertiary/aromatic N) is 2. The molecule has 0 spiro atoms. The van der Waals surface area contributed by atoms with Crippen molar-refractivity contribution in [2.24, 2.45) is 11.5 Å². The fourth-order valence-electron chi connectivity index (χ4n) is 4.06. The number of unbranched alkanes of at least 4 members (excludes halogenated alkanes) is 3. The van der Waals surface area contributed by atoms with Crippen LogP contribution in [0.1, 0.15) is 60.8 Å². The fourth-order valence-corrected chi connectivity index (χ4v) is 4.06. The van der Waals surface area contributed by atoms with Gasteiger partial charge >= 0.3 is 0 Å². The zero-order valence-electron chi connectivity index (χ0n) is 20.1. The summed E-state index contributed by atoms with van der Waals surface area (Å²) < 4.78 is 5.89. The normalized spacial score (nSPS) is 12.3. The van der Waals surface area contributed by atoms with Crippen LogP contribution in [-0.2, 0) is 6.61 Å². The maximum Gasteiger partial charge on any atom is 0.152 e. The molecule has 4 N–H and O–H groups in total. The van der Waals surface area contributed by atoms with Gasteiger partial charge in [-0.2, -0.15) is 0 Å². The van der Waals surface area contributed by atoms with Gasteiger partial charge in [0.25, 0.3) is 0 Å². The Labute approximate surface area is 207 Å². The maximum atomic E-state index is 6.59. The van der Waals surface area contributed by atoms with E-state index in [4.69, 9.17) is 26.2 Å². The predicted octanol–water partition coefficient (Wildman–Crippen LogP) is 6.29. The van der Waals surface area contributed by atoms with Gasteiger partial charge in [0.2, 0.25) is 0 Å². The first-order chi connectivity index (χ1) is 17.2. The van der Waals surface area contributed by atoms with Crippen LogP contribution in [-0.4, -0.2) is 16.5 Å². The van der Waals surface area contributed by atoms with Gasteiger partial charge < -0.3 is 16.2 Å². The molecular weight excluding hydrogens is 432 g/mol. The Morgan fingerprint density at radius 1 is 0.771 bits per heavy atom. The summed E-state index contributed by atoms with van der Waals surface area (Å²) in [7, 11) is 0. The number of benzene rings is 3. The molecular formula is C30H34N4O. The summed E-state index contributed by atoms with van der Waals surface area (Å²) in [4.78, 5) is 9.59. The van der Waals surface area contributed by atoms with Crippen molar-refractivity contribution in [3.63, 3.8) is 0 Å². The number of hydrogen-bond acceptors (Lipinski definition) is 5. The summed E-state index contributed by atoms with van der Waals surface area (Å²) in [5.41, 5.74) is 16.2. The van der Waals surface area contributed by atoms with Gasteiger partial charge in [0, 0.05) is 11.4 Å². The Morgan fingerprint density at radius 2 is 1.51 bits per heavy atom. The lowest BCUT2D eigenvalue weighted by Crippen LogP contribution is -2.14. The Bertz CT molecular complexity index is 1220. The summed E-state index contributed by atoms with van der Waals surface area (Å²) >= 11 is 0. The minimum absolute atomic E-state index is 0.117. The zero-order valence-corrected chi connectivity index (χ0v) is 20.1. The third-order valence-electron chi connectivity index (χ3n) is 6.02. The summed E-state index contributed by atoms with van der Waals surface area (Å²) in [5.74, 6) is 1.51. The molecule has 0 amide bonds. The summed E-state index contributed by atoms with van der Waals surface area (Å²) in [6, 6.07) is 26.2. The molecule has 0 aliphatic heterocycles. The molecule has 3 aromatic carbocycles. The standard InChI is InChI=1S/C30H34N4O/c31-21-9-2-1-6-13-27(32)30-26-12-7-8-14-28(26)33-29(34-30)20-17-23-15-18-25(19-16-23)35-22-24-10-4-3-5-11-24/h3-5,7-8,10-12,14-20,27H,1-2,6,9,13,21-22,31-32H2. The van der Waals surface area contributed by atoms with Crippen molar-refractivity contribution in [3.05, 3.63) is 102 Å². The molecule has 0 aliphatic rings. The molecule has 0 fully saturated rings. The smallest absolute Gasteiger partial charge is 0.152 e. The number of rotatable bonds is 12. The molecule has 0 radical (unpaired) electrons. The van der Waals surface area contributed by atoms with E-state index in [1.165, 1.54) is 0 Å². The van der Waals surface area contributed by atoms with Crippen molar-refractivity contribution in [1.82, 2.24) is 9.97 Å².